The van der Waals surface area contributed by atoms with Crippen LogP contribution in [0.5, 0.6) is 0 Å². The Bertz CT molecular complexity index is 98.7. The van der Waals surface area contributed by atoms with Crippen molar-refractivity contribution in [2.24, 2.45) is 23.5 Å². The Balaban J connectivity index is 2.27. The van der Waals surface area contributed by atoms with Crippen molar-refractivity contribution in [2.75, 3.05) is 0 Å². The summed E-state index contributed by atoms with van der Waals surface area (Å²) in [5.41, 5.74) is 5.71. The first-order valence-corrected chi connectivity index (χ1v) is 3.88. The van der Waals surface area contributed by atoms with E-state index in [1.807, 2.05) is 0 Å². The molecule has 1 heteroatoms. The van der Waals surface area contributed by atoms with Crippen LogP contribution < -0.4 is 5.73 Å². The van der Waals surface area contributed by atoms with E-state index in [-0.39, 0.29) is 0 Å². The second kappa shape index (κ2) is 2.30. The second-order valence-electron chi connectivity index (χ2n) is 3.67. The lowest BCUT2D eigenvalue weighted by molar-refractivity contribution is 0.366. The van der Waals surface area contributed by atoms with Crippen LogP contribution in [0.4, 0.5) is 0 Å². The molecule has 1 fully saturated rings. The number of hydrogen-bond donors (Lipinski definition) is 1. The summed E-state index contributed by atoms with van der Waals surface area (Å²) in [5.74, 6) is 2.48. The van der Waals surface area contributed by atoms with E-state index in [1.54, 1.807) is 0 Å². The van der Waals surface area contributed by atoms with Gasteiger partial charge in [-0.25, -0.2) is 0 Å². The summed E-state index contributed by atoms with van der Waals surface area (Å²) in [4.78, 5) is 0. The molecule has 0 aromatic heterocycles. The fraction of sp³-hybridized carbons (Fsp3) is 1.00. The Morgan fingerprint density at radius 2 is 1.78 bits per heavy atom. The Morgan fingerprint density at radius 3 is 1.89 bits per heavy atom. The zero-order valence-corrected chi connectivity index (χ0v) is 6.59. The van der Waals surface area contributed by atoms with Gasteiger partial charge in [-0.05, 0) is 24.2 Å². The minimum absolute atomic E-state index is 0.530. The fourth-order valence-electron chi connectivity index (χ4n) is 1.33. The molecule has 54 valence electrons. The van der Waals surface area contributed by atoms with Gasteiger partial charge in [-0.15, -0.1) is 0 Å². The SMILES string of the molecule is CC(C)C(C)C1CC1N. The summed E-state index contributed by atoms with van der Waals surface area (Å²) < 4.78 is 0. The summed E-state index contributed by atoms with van der Waals surface area (Å²) in [6, 6.07) is 0.530. The zero-order chi connectivity index (χ0) is 7.02. The van der Waals surface area contributed by atoms with Gasteiger partial charge in [0.2, 0.25) is 0 Å². The van der Waals surface area contributed by atoms with Gasteiger partial charge in [0, 0.05) is 6.04 Å². The summed E-state index contributed by atoms with van der Waals surface area (Å²) in [5, 5.41) is 0. The molecule has 3 atom stereocenters. The molecular weight excluding hydrogens is 110 g/mol. The van der Waals surface area contributed by atoms with E-state index in [9.17, 15) is 0 Å². The van der Waals surface area contributed by atoms with Gasteiger partial charge < -0.3 is 5.73 Å². The van der Waals surface area contributed by atoms with Crippen molar-refractivity contribution in [1.29, 1.82) is 0 Å². The molecule has 0 radical (unpaired) electrons. The first kappa shape index (κ1) is 7.07. The average Bonchev–Trinajstić information content (AvgIpc) is 2.44. The Kier molecular flexibility index (Phi) is 1.80. The highest BCUT2D eigenvalue weighted by Gasteiger charge is 2.38. The van der Waals surface area contributed by atoms with E-state index >= 15 is 0 Å². The predicted octanol–water partition coefficient (Wildman–Crippen LogP) is 1.63. The van der Waals surface area contributed by atoms with Gasteiger partial charge in [0.1, 0.15) is 0 Å². The molecule has 3 unspecified atom stereocenters. The largest absolute Gasteiger partial charge is 0.327 e. The zero-order valence-electron chi connectivity index (χ0n) is 6.59. The van der Waals surface area contributed by atoms with Crippen LogP contribution in [0.25, 0.3) is 0 Å². The van der Waals surface area contributed by atoms with Crippen molar-refractivity contribution in [3.8, 4) is 0 Å². The third kappa shape index (κ3) is 1.45. The predicted molar refractivity (Wildman–Crippen MR) is 40.1 cm³/mol. The minimum Gasteiger partial charge on any atom is -0.327 e. The van der Waals surface area contributed by atoms with E-state index < -0.39 is 0 Å². The molecule has 1 saturated carbocycles. The van der Waals surface area contributed by atoms with Crippen molar-refractivity contribution < 1.29 is 0 Å². The molecule has 0 bridgehead atoms. The van der Waals surface area contributed by atoms with E-state index in [0.29, 0.717) is 6.04 Å². The maximum atomic E-state index is 5.71. The highest BCUT2D eigenvalue weighted by atomic mass is 14.7. The smallest absolute Gasteiger partial charge is 0.00737 e. The third-order valence-corrected chi connectivity index (χ3v) is 2.62. The highest BCUT2D eigenvalue weighted by Crippen LogP contribution is 2.38. The lowest BCUT2D eigenvalue weighted by Crippen LogP contribution is -2.12. The van der Waals surface area contributed by atoms with Gasteiger partial charge in [-0.2, -0.15) is 0 Å². The van der Waals surface area contributed by atoms with Crippen LogP contribution in [0.15, 0.2) is 0 Å². The van der Waals surface area contributed by atoms with E-state index in [0.717, 1.165) is 17.8 Å². The van der Waals surface area contributed by atoms with Crippen LogP contribution in [0.2, 0.25) is 0 Å². The molecule has 2 N–H and O–H groups in total. The molecule has 1 nitrogen and oxygen atoms in total. The van der Waals surface area contributed by atoms with Crippen LogP contribution in [0.1, 0.15) is 27.2 Å². The van der Waals surface area contributed by atoms with Crippen LogP contribution in [-0.4, -0.2) is 6.04 Å². The van der Waals surface area contributed by atoms with Gasteiger partial charge >= 0.3 is 0 Å². The Morgan fingerprint density at radius 1 is 1.33 bits per heavy atom. The average molecular weight is 127 g/mol. The van der Waals surface area contributed by atoms with Gasteiger partial charge in [-0.3, -0.25) is 0 Å². The molecule has 1 rings (SSSR count). The van der Waals surface area contributed by atoms with Crippen molar-refractivity contribution >= 4 is 0 Å². The first-order chi connectivity index (χ1) is 4.13. The molecular formula is C8H17N. The van der Waals surface area contributed by atoms with Crippen LogP contribution in [-0.2, 0) is 0 Å². The molecule has 0 heterocycles. The lowest BCUT2D eigenvalue weighted by Gasteiger charge is -2.13. The lowest BCUT2D eigenvalue weighted by atomic mass is 9.93. The molecule has 0 aromatic carbocycles. The maximum absolute atomic E-state index is 5.71. The third-order valence-electron chi connectivity index (χ3n) is 2.62. The minimum atomic E-state index is 0.530. The van der Waals surface area contributed by atoms with E-state index in [2.05, 4.69) is 20.8 Å². The second-order valence-corrected chi connectivity index (χ2v) is 3.67. The van der Waals surface area contributed by atoms with Gasteiger partial charge in [0.05, 0.1) is 0 Å². The Labute approximate surface area is 57.6 Å². The molecule has 1 aliphatic rings. The Hall–Kier alpha value is -0.0400. The van der Waals surface area contributed by atoms with E-state index in [4.69, 9.17) is 5.73 Å². The first-order valence-electron chi connectivity index (χ1n) is 3.88. The van der Waals surface area contributed by atoms with Crippen molar-refractivity contribution in [3.63, 3.8) is 0 Å². The summed E-state index contributed by atoms with van der Waals surface area (Å²) in [7, 11) is 0. The van der Waals surface area contributed by atoms with Gasteiger partial charge in [-0.1, -0.05) is 20.8 Å². The summed E-state index contributed by atoms with van der Waals surface area (Å²) in [6.07, 6.45) is 1.26. The molecule has 0 aliphatic heterocycles. The normalized spacial score (nSPS) is 37.0. The van der Waals surface area contributed by atoms with Crippen molar-refractivity contribution in [1.82, 2.24) is 0 Å². The maximum Gasteiger partial charge on any atom is 0.00737 e. The van der Waals surface area contributed by atoms with Crippen LogP contribution in [0, 0.1) is 17.8 Å². The standard InChI is InChI=1S/C8H17N/c1-5(2)6(3)7-4-8(7)9/h5-8H,4,9H2,1-3H3. The molecule has 9 heavy (non-hydrogen) atoms. The van der Waals surface area contributed by atoms with Gasteiger partial charge in [0.25, 0.3) is 0 Å². The van der Waals surface area contributed by atoms with E-state index in [1.165, 1.54) is 6.42 Å². The molecule has 0 amide bonds. The molecule has 1 aliphatic carbocycles. The molecule has 0 spiro atoms. The monoisotopic (exact) mass is 127 g/mol. The van der Waals surface area contributed by atoms with Crippen LogP contribution in [0.3, 0.4) is 0 Å². The fourth-order valence-corrected chi connectivity index (χ4v) is 1.33. The van der Waals surface area contributed by atoms with Crippen molar-refractivity contribution in [3.05, 3.63) is 0 Å². The van der Waals surface area contributed by atoms with Gasteiger partial charge in [0.15, 0.2) is 0 Å². The van der Waals surface area contributed by atoms with Crippen LogP contribution >= 0.6 is 0 Å². The summed E-state index contributed by atoms with van der Waals surface area (Å²) >= 11 is 0. The topological polar surface area (TPSA) is 26.0 Å². The number of nitrogens with two attached hydrogens (primary N) is 1. The quantitative estimate of drug-likeness (QED) is 0.599. The van der Waals surface area contributed by atoms with Crippen molar-refractivity contribution in [2.45, 2.75) is 33.2 Å². The summed E-state index contributed by atoms with van der Waals surface area (Å²) in [6.45, 7) is 6.85. The number of rotatable bonds is 2. The molecule has 0 saturated heterocycles. The number of hydrogen-bond acceptors (Lipinski definition) is 1. The molecule has 0 aromatic rings. The highest BCUT2D eigenvalue weighted by molar-refractivity contribution is 4.93.